The highest BCUT2D eigenvalue weighted by Gasteiger charge is 2.82. The molecule has 0 aromatic rings. The van der Waals surface area contributed by atoms with E-state index in [4.69, 9.17) is 23.2 Å². The molecule has 0 aromatic heterocycles. The van der Waals surface area contributed by atoms with Gasteiger partial charge in [0.05, 0.1) is 6.07 Å². The Morgan fingerprint density at radius 3 is 2.33 bits per heavy atom. The van der Waals surface area contributed by atoms with Gasteiger partial charge in [0.2, 0.25) is 17.7 Å². The molecule has 4 amide bonds. The average molecular weight is 554 g/mol. The third kappa shape index (κ3) is 4.96. The second kappa shape index (κ2) is 9.24. The number of carbonyl (C=O) groups excluding carboxylic acids is 4. The summed E-state index contributed by atoms with van der Waals surface area (Å²) in [5, 5.41) is 16.5. The number of hydrogen-bond acceptors (Lipinski definition) is 5. The molecule has 3 aliphatic rings. The Kier molecular flexibility index (Phi) is 7.27. The van der Waals surface area contributed by atoms with Crippen LogP contribution in [0.4, 0.5) is 13.2 Å². The van der Waals surface area contributed by atoms with Crippen LogP contribution in [0.3, 0.4) is 0 Å². The summed E-state index contributed by atoms with van der Waals surface area (Å²) in [7, 11) is 0. The number of hydrogen-bond donors (Lipinski definition) is 3. The van der Waals surface area contributed by atoms with Gasteiger partial charge in [-0.15, -0.1) is 23.2 Å². The van der Waals surface area contributed by atoms with Gasteiger partial charge in [-0.05, 0) is 18.3 Å². The molecule has 2 aliphatic heterocycles. The second-order valence-electron chi connectivity index (χ2n) is 10.9. The zero-order valence-electron chi connectivity index (χ0n) is 20.1. The van der Waals surface area contributed by atoms with Crippen LogP contribution in [0.25, 0.3) is 0 Å². The molecule has 1 saturated carbocycles. The van der Waals surface area contributed by atoms with Crippen LogP contribution in [0.1, 0.15) is 40.5 Å². The van der Waals surface area contributed by atoms with Crippen molar-refractivity contribution in [3.8, 4) is 6.07 Å². The summed E-state index contributed by atoms with van der Waals surface area (Å²) in [6.45, 7) is 6.40. The summed E-state index contributed by atoms with van der Waals surface area (Å²) in [5.74, 6) is -5.40. The van der Waals surface area contributed by atoms with Crippen molar-refractivity contribution in [3.63, 3.8) is 0 Å². The minimum absolute atomic E-state index is 0.0514. The van der Waals surface area contributed by atoms with Crippen LogP contribution in [-0.4, -0.2) is 70.3 Å². The molecule has 200 valence electrons. The SMILES string of the molecule is CC(C)(C)[C@H](NC(=O)C(F)(F)F)C(=O)N1C[C@@]2(C)[C@@H]([C@H]1C(=O)N[C@H](C#N)C[C@@H]1CCNC1=O)C2(Cl)Cl. The fraction of sp³-hybridized carbons (Fsp3) is 0.773. The topological polar surface area (TPSA) is 131 Å². The number of piperidine rings is 1. The van der Waals surface area contributed by atoms with Gasteiger partial charge in [0.15, 0.2) is 0 Å². The zero-order valence-corrected chi connectivity index (χ0v) is 21.6. The molecule has 2 saturated heterocycles. The molecule has 1 aliphatic carbocycles. The van der Waals surface area contributed by atoms with Gasteiger partial charge in [-0.2, -0.15) is 18.4 Å². The number of likely N-dealkylation sites (tertiary alicyclic amines) is 1. The van der Waals surface area contributed by atoms with Crippen molar-refractivity contribution in [2.24, 2.45) is 22.7 Å². The summed E-state index contributed by atoms with van der Waals surface area (Å²) in [6, 6.07) is -2.03. The standard InChI is InChI=1S/C22H28Cl2F3N5O4/c1-19(2,3)14(31-18(36)22(25,26)27)17(35)32-9-20(4)13(21(20,23)24)12(32)16(34)30-11(8-28)7-10-5-6-29-15(10)33/h10-14H,5-7,9H2,1-4H3,(H,29,33)(H,30,34)(H,31,36)/t10-,11-,12-,13+,14+,20-/m0/s1. The van der Waals surface area contributed by atoms with E-state index in [1.165, 1.54) is 20.8 Å². The summed E-state index contributed by atoms with van der Waals surface area (Å²) in [4.78, 5) is 51.5. The summed E-state index contributed by atoms with van der Waals surface area (Å²) in [5.41, 5.74) is -2.07. The zero-order chi connectivity index (χ0) is 27.4. The maximum absolute atomic E-state index is 13.5. The average Bonchev–Trinajstić information content (AvgIpc) is 3.10. The third-order valence-electron chi connectivity index (χ3n) is 7.26. The van der Waals surface area contributed by atoms with Gasteiger partial charge in [-0.25, -0.2) is 0 Å². The van der Waals surface area contributed by atoms with Crippen LogP contribution in [0.5, 0.6) is 0 Å². The Balaban J connectivity index is 1.86. The smallest absolute Gasteiger partial charge is 0.356 e. The Morgan fingerprint density at radius 2 is 1.86 bits per heavy atom. The Morgan fingerprint density at radius 1 is 1.25 bits per heavy atom. The van der Waals surface area contributed by atoms with Gasteiger partial charge in [0.1, 0.15) is 22.5 Å². The van der Waals surface area contributed by atoms with Gasteiger partial charge in [0.25, 0.3) is 0 Å². The minimum atomic E-state index is -5.21. The largest absolute Gasteiger partial charge is 0.471 e. The normalized spacial score (nSPS) is 30.5. The predicted molar refractivity (Wildman–Crippen MR) is 122 cm³/mol. The number of amides is 4. The Bertz CT molecular complexity index is 1010. The molecule has 14 heteroatoms. The highest BCUT2D eigenvalue weighted by Crippen LogP contribution is 2.74. The summed E-state index contributed by atoms with van der Waals surface area (Å²) < 4.78 is 37.5. The Hall–Kier alpha value is -2.26. The van der Waals surface area contributed by atoms with Crippen LogP contribution in [0.2, 0.25) is 0 Å². The highest BCUT2D eigenvalue weighted by atomic mass is 35.5. The minimum Gasteiger partial charge on any atom is -0.356 e. The van der Waals surface area contributed by atoms with E-state index >= 15 is 0 Å². The van der Waals surface area contributed by atoms with Crippen LogP contribution in [0, 0.1) is 34.0 Å². The fourth-order valence-corrected chi connectivity index (χ4v) is 6.06. The number of rotatable bonds is 6. The van der Waals surface area contributed by atoms with Crippen molar-refractivity contribution in [1.82, 2.24) is 20.9 Å². The quantitative estimate of drug-likeness (QED) is 0.430. The molecule has 6 atom stereocenters. The first-order valence-corrected chi connectivity index (χ1v) is 12.2. The van der Waals surface area contributed by atoms with E-state index in [9.17, 15) is 37.6 Å². The molecule has 3 fully saturated rings. The molecular formula is C22H28Cl2F3N5O4. The maximum atomic E-state index is 13.5. The lowest BCUT2D eigenvalue weighted by Gasteiger charge is -2.37. The van der Waals surface area contributed by atoms with Crippen LogP contribution >= 0.6 is 23.2 Å². The van der Waals surface area contributed by atoms with Gasteiger partial charge in [-0.3, -0.25) is 19.2 Å². The number of halogens is 5. The first-order chi connectivity index (χ1) is 16.4. The predicted octanol–water partition coefficient (Wildman–Crippen LogP) is 1.63. The number of nitrogens with one attached hydrogen (secondary N) is 3. The molecule has 0 radical (unpaired) electrons. The number of fused-ring (bicyclic) bond motifs is 1. The first kappa shape index (κ1) is 28.3. The fourth-order valence-electron chi connectivity index (χ4n) is 5.09. The van der Waals surface area contributed by atoms with Crippen molar-refractivity contribution in [2.45, 2.75) is 69.2 Å². The van der Waals surface area contributed by atoms with Gasteiger partial charge in [-0.1, -0.05) is 27.7 Å². The molecule has 9 nitrogen and oxygen atoms in total. The molecular weight excluding hydrogens is 526 g/mol. The van der Waals surface area contributed by atoms with E-state index in [1.54, 1.807) is 12.2 Å². The van der Waals surface area contributed by atoms with E-state index in [0.717, 1.165) is 4.90 Å². The molecule has 2 heterocycles. The van der Waals surface area contributed by atoms with Crippen molar-refractivity contribution in [2.75, 3.05) is 13.1 Å². The van der Waals surface area contributed by atoms with E-state index in [2.05, 4.69) is 10.6 Å². The lowest BCUT2D eigenvalue weighted by atomic mass is 9.85. The summed E-state index contributed by atoms with van der Waals surface area (Å²) >= 11 is 12.8. The monoisotopic (exact) mass is 553 g/mol. The van der Waals surface area contributed by atoms with Crippen molar-refractivity contribution in [3.05, 3.63) is 0 Å². The van der Waals surface area contributed by atoms with Gasteiger partial charge < -0.3 is 20.9 Å². The lowest BCUT2D eigenvalue weighted by Crippen LogP contribution is -2.61. The molecule has 0 unspecified atom stereocenters. The number of carbonyl (C=O) groups is 4. The molecule has 0 bridgehead atoms. The molecule has 36 heavy (non-hydrogen) atoms. The van der Waals surface area contributed by atoms with Gasteiger partial charge >= 0.3 is 12.1 Å². The van der Waals surface area contributed by atoms with Crippen LogP contribution in [-0.2, 0) is 19.2 Å². The van der Waals surface area contributed by atoms with Crippen molar-refractivity contribution >= 4 is 46.8 Å². The molecule has 3 N–H and O–H groups in total. The van der Waals surface area contributed by atoms with Gasteiger partial charge in [0, 0.05) is 30.3 Å². The maximum Gasteiger partial charge on any atom is 0.471 e. The number of nitriles is 1. The van der Waals surface area contributed by atoms with Crippen LogP contribution in [0.15, 0.2) is 0 Å². The number of nitrogens with zero attached hydrogens (tertiary/aromatic N) is 2. The second-order valence-corrected chi connectivity index (χ2v) is 12.3. The van der Waals surface area contributed by atoms with E-state index < -0.39 is 69.0 Å². The number of alkyl halides is 5. The van der Waals surface area contributed by atoms with Crippen molar-refractivity contribution < 1.29 is 32.3 Å². The van der Waals surface area contributed by atoms with E-state index in [0.29, 0.717) is 13.0 Å². The molecule has 3 rings (SSSR count). The third-order valence-corrected chi connectivity index (χ3v) is 8.59. The van der Waals surface area contributed by atoms with Crippen LogP contribution < -0.4 is 16.0 Å². The Labute approximate surface area is 216 Å². The summed E-state index contributed by atoms with van der Waals surface area (Å²) in [6.07, 6.45) is -4.66. The lowest BCUT2D eigenvalue weighted by molar-refractivity contribution is -0.176. The van der Waals surface area contributed by atoms with E-state index in [1.807, 2.05) is 6.07 Å². The molecule has 0 aromatic carbocycles. The van der Waals surface area contributed by atoms with Crippen molar-refractivity contribution in [1.29, 1.82) is 5.26 Å². The van der Waals surface area contributed by atoms with E-state index in [-0.39, 0.29) is 18.9 Å². The highest BCUT2D eigenvalue weighted by molar-refractivity contribution is 6.52. The molecule has 0 spiro atoms. The first-order valence-electron chi connectivity index (χ1n) is 11.4.